The molecule has 1 aromatic rings. The molecule has 1 aliphatic heterocycles. The average Bonchev–Trinajstić information content (AvgIpc) is 2.94. The summed E-state index contributed by atoms with van der Waals surface area (Å²) in [4.78, 5) is 39.4. The molecule has 1 aromatic carbocycles. The van der Waals surface area contributed by atoms with E-state index in [9.17, 15) is 14.4 Å². The Kier molecular flexibility index (Phi) is 5.47. The number of amides is 1. The maximum Gasteiger partial charge on any atom is 0.411 e. The van der Waals surface area contributed by atoms with E-state index in [0.717, 1.165) is 5.56 Å². The highest BCUT2D eigenvalue weighted by atomic mass is 35.5. The molecule has 0 radical (unpaired) electrons. The highest BCUT2D eigenvalue weighted by Gasteiger charge is 2.77. The van der Waals surface area contributed by atoms with Crippen LogP contribution in [0.3, 0.4) is 0 Å². The Morgan fingerprint density at radius 1 is 1.29 bits per heavy atom. The molecule has 0 spiro atoms. The standard InChI is InChI=1S/C20H21Cl2NO5/c1-4-10-19(2)13-14(20(21,22)16(13)24)23(15(19)17(25)27-3)18(26)28-11-12-8-6-5-7-9-12/h4-9,13-15H,1,10-11H2,2-3H3/t13?,14?,15-,19-/m1/s1. The second kappa shape index (κ2) is 7.41. The number of halogens is 2. The predicted molar refractivity (Wildman–Crippen MR) is 104 cm³/mol. The minimum Gasteiger partial charge on any atom is -0.467 e. The van der Waals surface area contributed by atoms with Crippen molar-refractivity contribution in [1.29, 1.82) is 0 Å². The van der Waals surface area contributed by atoms with Crippen molar-refractivity contribution in [3.8, 4) is 0 Å². The number of esters is 1. The van der Waals surface area contributed by atoms with Gasteiger partial charge in [-0.2, -0.15) is 0 Å². The summed E-state index contributed by atoms with van der Waals surface area (Å²) in [6.07, 6.45) is 1.12. The number of Topliss-reactive ketones (excluding diaryl/α,β-unsaturated/α-hetero) is 1. The molecule has 1 saturated carbocycles. The van der Waals surface area contributed by atoms with Crippen LogP contribution >= 0.6 is 23.2 Å². The van der Waals surface area contributed by atoms with Gasteiger partial charge in [-0.1, -0.05) is 66.5 Å². The molecular formula is C20H21Cl2NO5. The Morgan fingerprint density at radius 3 is 2.50 bits per heavy atom. The van der Waals surface area contributed by atoms with Gasteiger partial charge in [0, 0.05) is 5.41 Å². The Balaban J connectivity index is 1.95. The van der Waals surface area contributed by atoms with Crippen LogP contribution in [0.5, 0.6) is 0 Å². The largest absolute Gasteiger partial charge is 0.467 e. The van der Waals surface area contributed by atoms with Gasteiger partial charge in [-0.25, -0.2) is 9.59 Å². The maximum absolute atomic E-state index is 13.0. The van der Waals surface area contributed by atoms with Gasteiger partial charge in [-0.3, -0.25) is 9.69 Å². The SMILES string of the molecule is C=CC[C@]1(C)C2C(=O)C(Cl)(Cl)C2N(C(=O)OCc2ccccc2)[C@@H]1C(=O)OC. The molecule has 6 nitrogen and oxygen atoms in total. The second-order valence-electron chi connectivity index (χ2n) is 7.28. The molecular weight excluding hydrogens is 405 g/mol. The fraction of sp³-hybridized carbons (Fsp3) is 0.450. The monoisotopic (exact) mass is 425 g/mol. The second-order valence-corrected chi connectivity index (χ2v) is 8.67. The first-order chi connectivity index (χ1) is 13.2. The van der Waals surface area contributed by atoms with E-state index in [2.05, 4.69) is 6.58 Å². The number of ether oxygens (including phenoxy) is 2. The highest BCUT2D eigenvalue weighted by molar-refractivity contribution is 6.61. The van der Waals surface area contributed by atoms with E-state index in [0.29, 0.717) is 6.42 Å². The lowest BCUT2D eigenvalue weighted by Gasteiger charge is -2.47. The zero-order valence-corrected chi connectivity index (χ0v) is 17.1. The number of fused-ring (bicyclic) bond motifs is 1. The number of hydrogen-bond acceptors (Lipinski definition) is 5. The smallest absolute Gasteiger partial charge is 0.411 e. The first-order valence-electron chi connectivity index (χ1n) is 8.80. The van der Waals surface area contributed by atoms with Gasteiger partial charge in [0.2, 0.25) is 0 Å². The maximum atomic E-state index is 13.0. The first kappa shape index (κ1) is 20.7. The van der Waals surface area contributed by atoms with E-state index in [-0.39, 0.29) is 6.61 Å². The fourth-order valence-corrected chi connectivity index (χ4v) is 5.01. The summed E-state index contributed by atoms with van der Waals surface area (Å²) >= 11 is 12.5. The third-order valence-electron chi connectivity index (χ3n) is 5.64. The highest BCUT2D eigenvalue weighted by Crippen LogP contribution is 2.62. The van der Waals surface area contributed by atoms with Crippen LogP contribution in [-0.4, -0.2) is 46.3 Å². The fourth-order valence-electron chi connectivity index (χ4n) is 4.31. The third kappa shape index (κ3) is 2.99. The molecule has 28 heavy (non-hydrogen) atoms. The van der Waals surface area contributed by atoms with Gasteiger partial charge < -0.3 is 9.47 Å². The lowest BCUT2D eigenvalue weighted by Crippen LogP contribution is -2.66. The Hall–Kier alpha value is -2.05. The molecule has 1 saturated heterocycles. The number of likely N-dealkylation sites (tertiary alicyclic amines) is 1. The van der Waals surface area contributed by atoms with E-state index in [4.69, 9.17) is 32.7 Å². The van der Waals surface area contributed by atoms with Crippen molar-refractivity contribution >= 4 is 41.0 Å². The van der Waals surface area contributed by atoms with E-state index < -0.39 is 45.6 Å². The number of carbonyl (C=O) groups is 3. The lowest BCUT2D eigenvalue weighted by molar-refractivity contribution is -0.149. The van der Waals surface area contributed by atoms with Crippen molar-refractivity contribution in [2.24, 2.45) is 11.3 Å². The molecule has 0 N–H and O–H groups in total. The van der Waals surface area contributed by atoms with Gasteiger partial charge in [0.05, 0.1) is 19.1 Å². The van der Waals surface area contributed by atoms with Crippen LogP contribution in [0, 0.1) is 11.3 Å². The van der Waals surface area contributed by atoms with Crippen LogP contribution in [-0.2, 0) is 25.7 Å². The molecule has 1 heterocycles. The minimum atomic E-state index is -1.80. The van der Waals surface area contributed by atoms with Gasteiger partial charge in [0.15, 0.2) is 10.1 Å². The van der Waals surface area contributed by atoms with Crippen molar-refractivity contribution in [3.63, 3.8) is 0 Å². The molecule has 8 heteroatoms. The van der Waals surface area contributed by atoms with Crippen molar-refractivity contribution in [1.82, 2.24) is 4.90 Å². The van der Waals surface area contributed by atoms with E-state index in [1.807, 2.05) is 18.2 Å². The first-order valence-corrected chi connectivity index (χ1v) is 9.55. The molecule has 150 valence electrons. The number of hydrogen-bond donors (Lipinski definition) is 0. The van der Waals surface area contributed by atoms with Crippen molar-refractivity contribution in [2.45, 2.75) is 36.4 Å². The van der Waals surface area contributed by atoms with Crippen molar-refractivity contribution in [3.05, 3.63) is 48.6 Å². The number of carbonyl (C=O) groups excluding carboxylic acids is 3. The number of nitrogens with zero attached hydrogens (tertiary/aromatic N) is 1. The minimum absolute atomic E-state index is 0.00510. The van der Waals surface area contributed by atoms with Gasteiger partial charge in [-0.15, -0.1) is 6.58 Å². The summed E-state index contributed by atoms with van der Waals surface area (Å²) in [5, 5.41) is 0. The van der Waals surface area contributed by atoms with Crippen LogP contribution in [0.15, 0.2) is 43.0 Å². The zero-order valence-electron chi connectivity index (χ0n) is 15.6. The summed E-state index contributed by atoms with van der Waals surface area (Å²) in [7, 11) is 1.22. The Morgan fingerprint density at radius 2 is 1.93 bits per heavy atom. The van der Waals surface area contributed by atoms with Crippen molar-refractivity contribution < 1.29 is 23.9 Å². The lowest BCUT2D eigenvalue weighted by atomic mass is 9.62. The Bertz CT molecular complexity index is 812. The molecule has 0 bridgehead atoms. The van der Waals surface area contributed by atoms with E-state index >= 15 is 0 Å². The summed E-state index contributed by atoms with van der Waals surface area (Å²) < 4.78 is 8.54. The van der Waals surface area contributed by atoms with Crippen molar-refractivity contribution in [2.75, 3.05) is 7.11 Å². The molecule has 0 aromatic heterocycles. The molecule has 4 atom stereocenters. The molecule has 2 aliphatic rings. The van der Waals surface area contributed by atoms with Crippen LogP contribution in [0.2, 0.25) is 0 Å². The summed E-state index contributed by atoms with van der Waals surface area (Å²) in [5.41, 5.74) is -0.168. The van der Waals surface area contributed by atoms with Crippen LogP contribution < -0.4 is 0 Å². The molecule has 2 unspecified atom stereocenters. The number of alkyl halides is 2. The number of methoxy groups -OCH3 is 1. The molecule has 1 aliphatic carbocycles. The summed E-state index contributed by atoms with van der Waals surface area (Å²) in [6, 6.07) is 7.14. The summed E-state index contributed by atoms with van der Waals surface area (Å²) in [6.45, 7) is 5.46. The molecule has 3 rings (SSSR count). The number of benzene rings is 1. The summed E-state index contributed by atoms with van der Waals surface area (Å²) in [5.74, 6) is -1.79. The van der Waals surface area contributed by atoms with E-state index in [1.165, 1.54) is 12.0 Å². The number of allylic oxidation sites excluding steroid dienone is 1. The molecule has 1 amide bonds. The van der Waals surface area contributed by atoms with Gasteiger partial charge in [0.1, 0.15) is 12.6 Å². The number of ketones is 1. The normalized spacial score (nSPS) is 30.2. The topological polar surface area (TPSA) is 72.9 Å². The van der Waals surface area contributed by atoms with Gasteiger partial charge in [0.25, 0.3) is 0 Å². The number of rotatable bonds is 5. The van der Waals surface area contributed by atoms with E-state index in [1.54, 1.807) is 25.1 Å². The third-order valence-corrected chi connectivity index (χ3v) is 6.46. The quantitative estimate of drug-likeness (QED) is 0.410. The average molecular weight is 426 g/mol. The van der Waals surface area contributed by atoms with Crippen LogP contribution in [0.4, 0.5) is 4.79 Å². The van der Waals surface area contributed by atoms with Crippen LogP contribution in [0.25, 0.3) is 0 Å². The zero-order chi connectivity index (χ0) is 20.7. The van der Waals surface area contributed by atoms with Gasteiger partial charge >= 0.3 is 12.1 Å². The molecule has 2 fully saturated rings. The van der Waals surface area contributed by atoms with Crippen LogP contribution in [0.1, 0.15) is 18.9 Å². The Labute approximate surface area is 173 Å². The van der Waals surface area contributed by atoms with Gasteiger partial charge in [-0.05, 0) is 12.0 Å². The predicted octanol–water partition coefficient (Wildman–Crippen LogP) is 3.50.